The first-order chi connectivity index (χ1) is 2.56. The topological polar surface area (TPSA) is 69.9 Å². The van der Waals surface area contributed by atoms with Crippen LogP contribution in [-0.4, -0.2) is 30.5 Å². The predicted molar refractivity (Wildman–Crippen MR) is 34.8 cm³/mol. The van der Waals surface area contributed by atoms with Crippen LogP contribution in [0.4, 0.5) is 0 Å². The molecule has 0 amide bonds. The summed E-state index contributed by atoms with van der Waals surface area (Å²) < 4.78 is 3.74. The Morgan fingerprint density at radius 2 is 1.43 bits per heavy atom. The fourth-order valence-electron chi connectivity index (χ4n) is 0. The number of rotatable bonds is 1. The molecule has 0 saturated heterocycles. The van der Waals surface area contributed by atoms with Gasteiger partial charge in [0.05, 0.1) is 0 Å². The molecule has 0 aromatic heterocycles. The molecule has 46 valence electrons. The van der Waals surface area contributed by atoms with E-state index in [2.05, 4.69) is 4.43 Å². The van der Waals surface area contributed by atoms with Gasteiger partial charge in [0.2, 0.25) is 0 Å². The van der Waals surface area contributed by atoms with Crippen molar-refractivity contribution in [1.82, 2.24) is 0 Å². The van der Waals surface area contributed by atoms with Gasteiger partial charge in [0, 0.05) is 7.11 Å². The second-order valence-corrected chi connectivity index (χ2v) is 2.33. The Morgan fingerprint density at radius 1 is 1.29 bits per heavy atom. The first-order valence-electron chi connectivity index (χ1n) is 1.28. The Kier molecular flexibility index (Phi) is 5.74. The summed E-state index contributed by atoms with van der Waals surface area (Å²) in [4.78, 5) is 23.6. The zero-order valence-corrected chi connectivity index (χ0v) is 6.99. The van der Waals surface area contributed by atoms with Crippen LogP contribution in [0.25, 0.3) is 0 Å². The number of hydrogen-bond acceptors (Lipinski definition) is 4. The maximum atomic E-state index is 7.85. The highest BCUT2D eigenvalue weighted by Gasteiger charge is 2.27. The maximum Gasteiger partial charge on any atom is 0.671 e. The van der Waals surface area contributed by atoms with Gasteiger partial charge in [-0.3, -0.25) is 0 Å². The van der Waals surface area contributed by atoms with Gasteiger partial charge in [0.15, 0.2) is 0 Å². The fraction of sp³-hybridized carbons (Fsp3) is 1.00. The summed E-state index contributed by atoms with van der Waals surface area (Å²) in [5.41, 5.74) is 0. The van der Waals surface area contributed by atoms with Crippen LogP contribution < -0.4 is 0 Å². The van der Waals surface area contributed by atoms with Crippen LogP contribution in [0.1, 0.15) is 0 Å². The van der Waals surface area contributed by atoms with Crippen molar-refractivity contribution >= 4 is 33.0 Å². The summed E-state index contributed by atoms with van der Waals surface area (Å²) in [5, 5.41) is 0. The van der Waals surface area contributed by atoms with E-state index in [1.165, 1.54) is 0 Å². The highest BCUT2D eigenvalue weighted by Crippen LogP contribution is 1.80. The van der Waals surface area contributed by atoms with E-state index in [9.17, 15) is 0 Å². The van der Waals surface area contributed by atoms with E-state index >= 15 is 0 Å². The highest BCUT2D eigenvalue weighted by atomic mass is 127. The third kappa shape index (κ3) is 10.8. The standard InChI is InChI=1S/CH6O4Si.HI/c1-5-6(2,3)4;/h2-4H,1H3;1H. The average molecular weight is 238 g/mol. The molecule has 0 atom stereocenters. The summed E-state index contributed by atoms with van der Waals surface area (Å²) in [5.74, 6) is 0. The van der Waals surface area contributed by atoms with Gasteiger partial charge in [-0.15, -0.1) is 24.0 Å². The number of hydrogen-bond donors (Lipinski definition) is 3. The summed E-state index contributed by atoms with van der Waals surface area (Å²) in [6.07, 6.45) is 0. The maximum absolute atomic E-state index is 7.85. The van der Waals surface area contributed by atoms with Gasteiger partial charge in [-0.25, -0.2) is 0 Å². The van der Waals surface area contributed by atoms with E-state index < -0.39 is 9.05 Å². The van der Waals surface area contributed by atoms with Crippen LogP contribution >= 0.6 is 24.0 Å². The van der Waals surface area contributed by atoms with E-state index in [-0.39, 0.29) is 24.0 Å². The zero-order chi connectivity index (χ0) is 5.21. The van der Waals surface area contributed by atoms with Gasteiger partial charge in [-0.2, -0.15) is 0 Å². The van der Waals surface area contributed by atoms with Crippen LogP contribution in [0.5, 0.6) is 0 Å². The molecule has 0 aromatic rings. The normalized spacial score (nSPS) is 10.3. The minimum absolute atomic E-state index is 0. The summed E-state index contributed by atoms with van der Waals surface area (Å²) >= 11 is 0. The van der Waals surface area contributed by atoms with E-state index in [0.717, 1.165) is 7.11 Å². The molecule has 0 rings (SSSR count). The minimum Gasteiger partial charge on any atom is -0.368 e. The van der Waals surface area contributed by atoms with Crippen molar-refractivity contribution in [2.24, 2.45) is 0 Å². The molecule has 0 fully saturated rings. The smallest absolute Gasteiger partial charge is 0.368 e. The lowest BCUT2D eigenvalue weighted by atomic mass is 11.8. The molecule has 6 heteroatoms. The third-order valence-electron chi connectivity index (χ3n) is 0.274. The van der Waals surface area contributed by atoms with E-state index in [1.54, 1.807) is 0 Å². The second-order valence-electron chi connectivity index (χ2n) is 0.778. The molecule has 0 aliphatic carbocycles. The lowest BCUT2D eigenvalue weighted by Gasteiger charge is -2.01. The van der Waals surface area contributed by atoms with Crippen LogP contribution in [0.3, 0.4) is 0 Å². The van der Waals surface area contributed by atoms with E-state index in [4.69, 9.17) is 14.4 Å². The van der Waals surface area contributed by atoms with Crippen molar-refractivity contribution in [3.63, 3.8) is 0 Å². The molecule has 3 N–H and O–H groups in total. The molecule has 0 radical (unpaired) electrons. The Hall–Kier alpha value is 0.787. The molecule has 4 nitrogen and oxygen atoms in total. The molecule has 7 heavy (non-hydrogen) atoms. The summed E-state index contributed by atoms with van der Waals surface area (Å²) in [6, 6.07) is 0. The Labute approximate surface area is 59.3 Å². The Morgan fingerprint density at radius 3 is 1.43 bits per heavy atom. The average Bonchev–Trinajstić information content (AvgIpc) is 1.35. The molecule has 0 heterocycles. The van der Waals surface area contributed by atoms with Crippen LogP contribution in [-0.2, 0) is 4.43 Å². The molecular weight excluding hydrogens is 231 g/mol. The first kappa shape index (κ1) is 10.7. The van der Waals surface area contributed by atoms with Crippen molar-refractivity contribution in [3.05, 3.63) is 0 Å². The van der Waals surface area contributed by atoms with Crippen molar-refractivity contribution in [2.45, 2.75) is 0 Å². The van der Waals surface area contributed by atoms with Crippen molar-refractivity contribution in [1.29, 1.82) is 0 Å². The van der Waals surface area contributed by atoms with Crippen LogP contribution in [0, 0.1) is 0 Å². The molecule has 0 saturated carbocycles. The zero-order valence-electron chi connectivity index (χ0n) is 3.66. The molecule has 0 unspecified atom stereocenters. The lowest BCUT2D eigenvalue weighted by molar-refractivity contribution is 0.0881. The van der Waals surface area contributed by atoms with Crippen molar-refractivity contribution in [3.8, 4) is 0 Å². The summed E-state index contributed by atoms with van der Waals surface area (Å²) in [7, 11) is -3.11. The second kappa shape index (κ2) is 3.75. The monoisotopic (exact) mass is 238 g/mol. The van der Waals surface area contributed by atoms with Gasteiger partial charge in [0.25, 0.3) is 0 Å². The molecule has 0 aliphatic rings. The van der Waals surface area contributed by atoms with E-state index in [0.29, 0.717) is 0 Å². The molecule has 0 aliphatic heterocycles. The van der Waals surface area contributed by atoms with Gasteiger partial charge < -0.3 is 18.8 Å². The lowest BCUT2D eigenvalue weighted by Crippen LogP contribution is -2.37. The first-order valence-corrected chi connectivity index (χ1v) is 3.03. The largest absolute Gasteiger partial charge is 0.671 e. The van der Waals surface area contributed by atoms with Crippen LogP contribution in [0.2, 0.25) is 0 Å². The SMILES string of the molecule is CO[Si](O)(O)O.I. The van der Waals surface area contributed by atoms with Gasteiger partial charge in [-0.1, -0.05) is 0 Å². The van der Waals surface area contributed by atoms with Crippen molar-refractivity contribution in [2.75, 3.05) is 7.11 Å². The Bertz CT molecular complexity index is 41.4. The quantitative estimate of drug-likeness (QED) is 0.391. The van der Waals surface area contributed by atoms with E-state index in [1.807, 2.05) is 0 Å². The number of halogens is 1. The van der Waals surface area contributed by atoms with Gasteiger partial charge in [0.1, 0.15) is 0 Å². The molecular formula is CH7IO4Si. The van der Waals surface area contributed by atoms with Crippen molar-refractivity contribution < 1.29 is 18.8 Å². The fourth-order valence-corrected chi connectivity index (χ4v) is 0. The summed E-state index contributed by atoms with van der Waals surface area (Å²) in [6.45, 7) is 0. The Balaban J connectivity index is 0. The third-order valence-corrected chi connectivity index (χ3v) is 0.822. The predicted octanol–water partition coefficient (Wildman–Crippen LogP) is -1.34. The molecule has 0 bridgehead atoms. The molecule has 0 spiro atoms. The van der Waals surface area contributed by atoms with Crippen LogP contribution in [0.15, 0.2) is 0 Å². The van der Waals surface area contributed by atoms with Gasteiger partial charge >= 0.3 is 9.05 Å². The van der Waals surface area contributed by atoms with Gasteiger partial charge in [-0.05, 0) is 0 Å². The minimum atomic E-state index is -4.13. The molecule has 0 aromatic carbocycles. The highest BCUT2D eigenvalue weighted by molar-refractivity contribution is 14.0.